The fourth-order valence-electron chi connectivity index (χ4n) is 1.94. The molecule has 1 heterocycles. The van der Waals surface area contributed by atoms with Gasteiger partial charge in [-0.2, -0.15) is 0 Å². The summed E-state index contributed by atoms with van der Waals surface area (Å²) in [6.45, 7) is 1.28. The molecule has 0 radical (unpaired) electrons. The Bertz CT molecular complexity index is 553. The normalized spacial score (nSPS) is 13.5. The summed E-state index contributed by atoms with van der Waals surface area (Å²) in [6.07, 6.45) is 3.33. The predicted molar refractivity (Wildman–Crippen MR) is 77.6 cm³/mol. The molecule has 1 fully saturated rings. The maximum atomic E-state index is 11.6. The summed E-state index contributed by atoms with van der Waals surface area (Å²) in [4.78, 5) is 1.29. The van der Waals surface area contributed by atoms with Crippen molar-refractivity contribution < 1.29 is 66.0 Å². The van der Waals surface area contributed by atoms with Gasteiger partial charge in [0.15, 0.2) is 0 Å². The Hall–Kier alpha value is -0.0436. The van der Waals surface area contributed by atoms with Crippen LogP contribution in [-0.4, -0.2) is 13.2 Å². The Balaban J connectivity index is 0.00000161. The average Bonchev–Trinajstić information content (AvgIpc) is 3.12. The van der Waals surface area contributed by atoms with Gasteiger partial charge in [-0.3, -0.25) is 0 Å². The van der Waals surface area contributed by atoms with E-state index in [1.165, 1.54) is 29.9 Å². The molecule has 0 spiro atoms. The first kappa shape index (κ1) is 17.3. The van der Waals surface area contributed by atoms with E-state index >= 15 is 0 Å². The molecule has 0 N–H and O–H groups in total. The largest absolute Gasteiger partial charge is 1.00 e. The Labute approximate surface area is 171 Å². The molecular formula is C16H17KO3S. The first-order chi connectivity index (χ1) is 9.79. The molecule has 21 heavy (non-hydrogen) atoms. The third-order valence-electron chi connectivity index (χ3n) is 3.23. The van der Waals surface area contributed by atoms with Gasteiger partial charge in [-0.25, -0.2) is 0 Å². The van der Waals surface area contributed by atoms with Crippen LogP contribution >= 0.6 is 11.3 Å². The van der Waals surface area contributed by atoms with Crippen LogP contribution in [0.1, 0.15) is 17.7 Å². The van der Waals surface area contributed by atoms with Gasteiger partial charge in [-0.05, 0) is 42.3 Å². The van der Waals surface area contributed by atoms with Gasteiger partial charge in [-0.1, -0.05) is 6.07 Å². The molecule has 1 aliphatic carbocycles. The van der Waals surface area contributed by atoms with Crippen LogP contribution in [0, 0.1) is 5.92 Å². The summed E-state index contributed by atoms with van der Waals surface area (Å²) < 4.78 is 11.3. The topological polar surface area (TPSA) is 41.5 Å². The summed E-state index contributed by atoms with van der Waals surface area (Å²) in [5, 5.41) is 13.7. The van der Waals surface area contributed by atoms with Crippen LogP contribution in [0.15, 0.2) is 35.7 Å². The predicted octanol–water partition coefficient (Wildman–Crippen LogP) is 0.236. The van der Waals surface area contributed by atoms with E-state index in [1.807, 2.05) is 6.07 Å². The number of ether oxygens (including phenoxy) is 2. The van der Waals surface area contributed by atoms with E-state index < -0.39 is 0 Å². The molecule has 0 bridgehead atoms. The number of benzene rings is 1. The third kappa shape index (κ3) is 5.92. The summed E-state index contributed by atoms with van der Waals surface area (Å²) in [5.41, 5.74) is 0. The first-order valence-corrected chi connectivity index (χ1v) is 7.77. The quantitative estimate of drug-likeness (QED) is 0.684. The zero-order valence-corrected chi connectivity index (χ0v) is 16.1. The van der Waals surface area contributed by atoms with Crippen LogP contribution < -0.4 is 66.0 Å². The van der Waals surface area contributed by atoms with Crippen LogP contribution in [0.5, 0.6) is 17.2 Å². The van der Waals surface area contributed by atoms with Crippen molar-refractivity contribution in [2.45, 2.75) is 19.3 Å². The summed E-state index contributed by atoms with van der Waals surface area (Å²) in [6, 6.07) is 8.95. The van der Waals surface area contributed by atoms with E-state index in [2.05, 4.69) is 11.4 Å². The molecule has 0 aliphatic heterocycles. The fourth-order valence-corrected chi connectivity index (χ4v) is 2.63. The molecule has 0 amide bonds. The van der Waals surface area contributed by atoms with E-state index in [1.54, 1.807) is 17.4 Å². The molecule has 1 aliphatic rings. The molecule has 0 saturated heterocycles. The van der Waals surface area contributed by atoms with Gasteiger partial charge >= 0.3 is 51.4 Å². The first-order valence-electron chi connectivity index (χ1n) is 6.90. The minimum atomic E-state index is -0.0654. The Morgan fingerprint density at radius 2 is 1.90 bits per heavy atom. The Kier molecular flexibility index (Phi) is 7.05. The van der Waals surface area contributed by atoms with Crippen molar-refractivity contribution in [3.63, 3.8) is 0 Å². The van der Waals surface area contributed by atoms with E-state index in [0.717, 1.165) is 6.42 Å². The van der Waals surface area contributed by atoms with Crippen molar-refractivity contribution in [1.82, 2.24) is 0 Å². The van der Waals surface area contributed by atoms with Gasteiger partial charge in [0.05, 0.1) is 13.2 Å². The molecule has 5 heteroatoms. The average molecular weight is 328 g/mol. The van der Waals surface area contributed by atoms with Crippen molar-refractivity contribution >= 4 is 11.3 Å². The monoisotopic (exact) mass is 328 g/mol. The van der Waals surface area contributed by atoms with E-state index in [-0.39, 0.29) is 57.1 Å². The van der Waals surface area contributed by atoms with Gasteiger partial charge in [0, 0.05) is 17.4 Å². The van der Waals surface area contributed by atoms with Gasteiger partial charge in [0.25, 0.3) is 0 Å². The van der Waals surface area contributed by atoms with Gasteiger partial charge in [0.2, 0.25) is 0 Å². The van der Waals surface area contributed by atoms with E-state index in [4.69, 9.17) is 9.47 Å². The van der Waals surface area contributed by atoms with Gasteiger partial charge < -0.3 is 14.6 Å². The van der Waals surface area contributed by atoms with E-state index in [9.17, 15) is 5.11 Å². The molecule has 0 unspecified atom stereocenters. The summed E-state index contributed by atoms with van der Waals surface area (Å²) >= 11 is 1.72. The van der Waals surface area contributed by atoms with Crippen molar-refractivity contribution in [2.75, 3.05) is 13.2 Å². The van der Waals surface area contributed by atoms with Crippen LogP contribution in [0.4, 0.5) is 0 Å². The molecule has 3 nitrogen and oxygen atoms in total. The van der Waals surface area contributed by atoms with Crippen LogP contribution in [0.25, 0.3) is 0 Å². The second kappa shape index (κ2) is 8.55. The van der Waals surface area contributed by atoms with Crippen molar-refractivity contribution in [3.05, 3.63) is 40.6 Å². The van der Waals surface area contributed by atoms with Crippen LogP contribution in [-0.2, 0) is 6.42 Å². The second-order valence-electron chi connectivity index (χ2n) is 5.07. The SMILES string of the molecule is [K+].[O-]c1cc(OCCc2cccs2)cc(OCC2CC2)c1. The minimum Gasteiger partial charge on any atom is -0.872 e. The zero-order valence-electron chi connectivity index (χ0n) is 12.2. The molecule has 2 aromatic rings. The molecular weight excluding hydrogens is 311 g/mol. The molecule has 1 aromatic heterocycles. The van der Waals surface area contributed by atoms with Crippen molar-refractivity contribution in [2.24, 2.45) is 5.92 Å². The molecule has 1 saturated carbocycles. The number of hydrogen-bond acceptors (Lipinski definition) is 4. The Morgan fingerprint density at radius 1 is 1.14 bits per heavy atom. The van der Waals surface area contributed by atoms with Crippen molar-refractivity contribution in [3.8, 4) is 17.2 Å². The van der Waals surface area contributed by atoms with Crippen LogP contribution in [0.2, 0.25) is 0 Å². The van der Waals surface area contributed by atoms with Crippen molar-refractivity contribution in [1.29, 1.82) is 0 Å². The minimum absolute atomic E-state index is 0. The molecule has 0 atom stereocenters. The van der Waals surface area contributed by atoms with Crippen LogP contribution in [0.3, 0.4) is 0 Å². The zero-order chi connectivity index (χ0) is 13.8. The second-order valence-corrected chi connectivity index (χ2v) is 6.10. The fraction of sp³-hybridized carbons (Fsp3) is 0.375. The summed E-state index contributed by atoms with van der Waals surface area (Å²) in [5.74, 6) is 1.83. The molecule has 3 rings (SSSR count). The smallest absolute Gasteiger partial charge is 0.872 e. The standard InChI is InChI=1S/C16H18O3S.K/c17-13-8-14(18-6-5-16-2-1-7-20-16)10-15(9-13)19-11-12-3-4-12;/h1-2,7-10,12,17H,3-6,11H2;/q;+1/p-1. The summed E-state index contributed by atoms with van der Waals surface area (Å²) in [7, 11) is 0. The number of thiophene rings is 1. The van der Waals surface area contributed by atoms with Gasteiger partial charge in [0.1, 0.15) is 11.5 Å². The van der Waals surface area contributed by atoms with E-state index in [0.29, 0.717) is 30.6 Å². The third-order valence-corrected chi connectivity index (χ3v) is 4.17. The maximum absolute atomic E-state index is 11.6. The molecule has 106 valence electrons. The number of rotatable bonds is 7. The molecule has 1 aromatic carbocycles. The number of hydrogen-bond donors (Lipinski definition) is 0. The Morgan fingerprint density at radius 3 is 2.57 bits per heavy atom. The van der Waals surface area contributed by atoms with Gasteiger partial charge in [-0.15, -0.1) is 17.1 Å². The maximum Gasteiger partial charge on any atom is 1.00 e.